The molecule has 0 spiro atoms. The maximum Gasteiger partial charge on any atom is 0.420 e. The molecule has 6 rings (SSSR count). The molecule has 0 saturated carbocycles. The summed E-state index contributed by atoms with van der Waals surface area (Å²) >= 11 is 0. The highest BCUT2D eigenvalue weighted by atomic mass is 16.4. The third-order valence-corrected chi connectivity index (χ3v) is 6.14. The number of rotatable bonds is 4. The minimum absolute atomic E-state index is 0.0727. The van der Waals surface area contributed by atoms with Crippen molar-refractivity contribution in [1.82, 2.24) is 23.8 Å². The van der Waals surface area contributed by atoms with Gasteiger partial charge in [-0.3, -0.25) is 9.36 Å². The Kier molecular flexibility index (Phi) is 4.33. The van der Waals surface area contributed by atoms with Gasteiger partial charge < -0.3 is 13.9 Å². The molecule has 0 bridgehead atoms. The molecule has 8 heteroatoms. The van der Waals surface area contributed by atoms with Crippen LogP contribution in [0.4, 0.5) is 0 Å². The third kappa shape index (κ3) is 3.10. The van der Waals surface area contributed by atoms with Gasteiger partial charge in [0.15, 0.2) is 5.58 Å². The van der Waals surface area contributed by atoms with Crippen LogP contribution in [0.25, 0.3) is 22.6 Å². The Hall–Kier alpha value is -4.33. The van der Waals surface area contributed by atoms with E-state index in [2.05, 4.69) is 13.0 Å². The molecule has 0 radical (unpaired) electrons. The molecule has 2 aromatic carbocycles. The molecule has 5 aromatic rings. The Labute approximate surface area is 188 Å². The second-order valence-electron chi connectivity index (χ2n) is 8.21. The lowest BCUT2D eigenvalue weighted by molar-refractivity contribution is -0.132. The van der Waals surface area contributed by atoms with E-state index in [1.807, 2.05) is 58.0 Å². The highest BCUT2D eigenvalue weighted by Crippen LogP contribution is 2.31. The molecule has 1 aliphatic heterocycles. The number of benzene rings is 2. The van der Waals surface area contributed by atoms with Gasteiger partial charge >= 0.3 is 5.76 Å². The fraction of sp³-hybridized carbons (Fsp3) is 0.160. The number of hydrogen-bond acceptors (Lipinski definition) is 4. The molecule has 3 aromatic heterocycles. The van der Waals surface area contributed by atoms with Gasteiger partial charge in [-0.1, -0.05) is 30.3 Å². The zero-order chi connectivity index (χ0) is 22.5. The van der Waals surface area contributed by atoms with Crippen molar-refractivity contribution < 1.29 is 9.21 Å². The Morgan fingerprint density at radius 2 is 1.76 bits per heavy atom. The summed E-state index contributed by atoms with van der Waals surface area (Å²) < 4.78 is 10.6. The van der Waals surface area contributed by atoms with Crippen LogP contribution in [0.5, 0.6) is 0 Å². The fourth-order valence-electron chi connectivity index (χ4n) is 4.49. The van der Waals surface area contributed by atoms with E-state index in [1.54, 1.807) is 23.1 Å². The summed E-state index contributed by atoms with van der Waals surface area (Å²) in [7, 11) is 0. The van der Waals surface area contributed by atoms with E-state index in [-0.39, 0.29) is 12.5 Å². The van der Waals surface area contributed by atoms with E-state index < -0.39 is 5.76 Å². The normalized spacial score (nSPS) is 13.1. The number of nitrogens with zero attached hydrogens (tertiary/aromatic N) is 5. The zero-order valence-corrected chi connectivity index (χ0v) is 18.0. The largest absolute Gasteiger partial charge is 0.420 e. The van der Waals surface area contributed by atoms with E-state index >= 15 is 0 Å². The number of oxazole rings is 1. The summed E-state index contributed by atoms with van der Waals surface area (Å²) in [6, 6.07) is 19.2. The number of aryl methyl sites for hydroxylation is 1. The van der Waals surface area contributed by atoms with Gasteiger partial charge in [0.1, 0.15) is 12.4 Å². The van der Waals surface area contributed by atoms with Gasteiger partial charge in [-0.15, -0.1) is 0 Å². The number of para-hydroxylation sites is 3. The van der Waals surface area contributed by atoms with Gasteiger partial charge in [-0.05, 0) is 42.8 Å². The minimum atomic E-state index is -0.528. The smallest absolute Gasteiger partial charge is 0.408 e. The van der Waals surface area contributed by atoms with Crippen molar-refractivity contribution >= 4 is 17.0 Å². The zero-order valence-electron chi connectivity index (χ0n) is 18.0. The second-order valence-corrected chi connectivity index (χ2v) is 8.21. The summed E-state index contributed by atoms with van der Waals surface area (Å²) in [5, 5.41) is 4.89. The maximum atomic E-state index is 13.2. The van der Waals surface area contributed by atoms with Crippen molar-refractivity contribution in [2.24, 2.45) is 0 Å². The first-order valence-electron chi connectivity index (χ1n) is 10.8. The molecule has 1 amide bonds. The van der Waals surface area contributed by atoms with Crippen LogP contribution in [0.1, 0.15) is 16.8 Å². The summed E-state index contributed by atoms with van der Waals surface area (Å²) in [5.74, 6) is 0.243. The van der Waals surface area contributed by atoms with Crippen LogP contribution in [0.3, 0.4) is 0 Å². The molecule has 1 aliphatic rings. The van der Waals surface area contributed by atoms with E-state index in [4.69, 9.17) is 9.52 Å². The van der Waals surface area contributed by atoms with Crippen LogP contribution in [-0.2, 0) is 24.4 Å². The average molecular weight is 439 g/mol. The number of aromatic nitrogens is 4. The third-order valence-electron chi connectivity index (χ3n) is 6.14. The van der Waals surface area contributed by atoms with Crippen molar-refractivity contribution in [2.75, 3.05) is 0 Å². The standard InChI is InChI=1S/C25H21N5O3/c1-17-8-2-3-9-20(17)30-24(27-12-6-7-13-27)18-14-28(15-19(18)26-30)23(31)16-29-21-10-4-5-11-22(21)33-25(29)32/h2-13H,14-16H2,1H3. The summed E-state index contributed by atoms with van der Waals surface area (Å²) in [4.78, 5) is 27.2. The molecule has 8 nitrogen and oxygen atoms in total. The minimum Gasteiger partial charge on any atom is -0.408 e. The molecular weight excluding hydrogens is 418 g/mol. The quantitative estimate of drug-likeness (QED) is 0.430. The van der Waals surface area contributed by atoms with E-state index in [0.29, 0.717) is 24.2 Å². The fourth-order valence-corrected chi connectivity index (χ4v) is 4.49. The molecule has 33 heavy (non-hydrogen) atoms. The van der Waals surface area contributed by atoms with Crippen LogP contribution >= 0.6 is 0 Å². The predicted octanol–water partition coefficient (Wildman–Crippen LogP) is 3.42. The van der Waals surface area contributed by atoms with Crippen LogP contribution in [0.2, 0.25) is 0 Å². The van der Waals surface area contributed by atoms with Crippen molar-refractivity contribution in [2.45, 2.75) is 26.6 Å². The van der Waals surface area contributed by atoms with Gasteiger partial charge in [-0.25, -0.2) is 9.48 Å². The monoisotopic (exact) mass is 439 g/mol. The molecular formula is C25H21N5O3. The summed E-state index contributed by atoms with van der Waals surface area (Å²) in [6.07, 6.45) is 3.96. The average Bonchev–Trinajstić information content (AvgIpc) is 3.58. The second kappa shape index (κ2) is 7.37. The van der Waals surface area contributed by atoms with Gasteiger partial charge in [-0.2, -0.15) is 5.10 Å². The lowest BCUT2D eigenvalue weighted by Gasteiger charge is -2.18. The van der Waals surface area contributed by atoms with Crippen molar-refractivity contribution in [3.05, 3.63) is 100 Å². The van der Waals surface area contributed by atoms with Gasteiger partial charge in [0, 0.05) is 18.0 Å². The Balaban J connectivity index is 1.35. The van der Waals surface area contributed by atoms with Gasteiger partial charge in [0.2, 0.25) is 5.91 Å². The molecule has 0 fully saturated rings. The topological polar surface area (TPSA) is 78.2 Å². The molecule has 0 unspecified atom stereocenters. The van der Waals surface area contributed by atoms with E-state index in [0.717, 1.165) is 28.3 Å². The van der Waals surface area contributed by atoms with Crippen molar-refractivity contribution in [3.8, 4) is 11.5 Å². The summed E-state index contributed by atoms with van der Waals surface area (Å²) in [6.45, 7) is 2.81. The maximum absolute atomic E-state index is 13.2. The van der Waals surface area contributed by atoms with Gasteiger partial charge in [0.25, 0.3) is 0 Å². The first kappa shape index (κ1) is 19.4. The van der Waals surface area contributed by atoms with E-state index in [1.165, 1.54) is 4.57 Å². The Morgan fingerprint density at radius 3 is 2.58 bits per heavy atom. The summed E-state index contributed by atoms with van der Waals surface area (Å²) in [5.41, 5.74) is 5.08. The highest BCUT2D eigenvalue weighted by molar-refractivity contribution is 5.80. The number of carbonyl (C=O) groups is 1. The molecule has 4 heterocycles. The Morgan fingerprint density at radius 1 is 1.00 bits per heavy atom. The molecule has 164 valence electrons. The Bertz CT molecular complexity index is 1550. The van der Waals surface area contributed by atoms with Crippen LogP contribution in [-0.4, -0.2) is 29.7 Å². The SMILES string of the molecule is Cc1ccccc1-n1nc2c(c1-n1cccc1)CN(C(=O)Cn1c(=O)oc3ccccc31)C2. The lowest BCUT2D eigenvalue weighted by atomic mass is 10.2. The number of hydrogen-bond donors (Lipinski definition) is 0. The van der Waals surface area contributed by atoms with Crippen molar-refractivity contribution in [3.63, 3.8) is 0 Å². The van der Waals surface area contributed by atoms with E-state index in [9.17, 15) is 9.59 Å². The number of fused-ring (bicyclic) bond motifs is 2. The molecule has 0 atom stereocenters. The van der Waals surface area contributed by atoms with Gasteiger partial charge in [0.05, 0.1) is 30.0 Å². The van der Waals surface area contributed by atoms with Crippen LogP contribution < -0.4 is 5.76 Å². The van der Waals surface area contributed by atoms with Crippen LogP contribution in [0, 0.1) is 6.92 Å². The highest BCUT2D eigenvalue weighted by Gasteiger charge is 2.32. The number of carbonyl (C=O) groups excluding carboxylic acids is 1. The van der Waals surface area contributed by atoms with Crippen LogP contribution in [0.15, 0.2) is 82.3 Å². The predicted molar refractivity (Wildman–Crippen MR) is 122 cm³/mol. The molecule has 0 aliphatic carbocycles. The lowest BCUT2D eigenvalue weighted by Crippen LogP contribution is -2.32. The molecule has 0 saturated heterocycles. The first-order chi connectivity index (χ1) is 16.1. The molecule has 0 N–H and O–H groups in total. The first-order valence-corrected chi connectivity index (χ1v) is 10.8. The number of amides is 1. The van der Waals surface area contributed by atoms with Crippen molar-refractivity contribution in [1.29, 1.82) is 0 Å².